The van der Waals surface area contributed by atoms with Gasteiger partial charge in [0.15, 0.2) is 4.32 Å². The molecule has 10 heteroatoms. The number of carbonyl (C=O) groups excluding carboxylic acids is 1. The normalized spacial score (nSPS) is 19.2. The Labute approximate surface area is 182 Å². The van der Waals surface area contributed by atoms with Crippen molar-refractivity contribution in [2.45, 2.75) is 11.3 Å². The molecule has 1 saturated heterocycles. The van der Waals surface area contributed by atoms with Crippen LogP contribution in [0.15, 0.2) is 69.4 Å². The van der Waals surface area contributed by atoms with Crippen LogP contribution in [0.5, 0.6) is 0 Å². The van der Waals surface area contributed by atoms with Gasteiger partial charge in [0.05, 0.1) is 21.5 Å². The number of benzene rings is 2. The molecule has 0 saturated carbocycles. The van der Waals surface area contributed by atoms with Gasteiger partial charge in [0.1, 0.15) is 9.93 Å². The van der Waals surface area contributed by atoms with E-state index in [9.17, 15) is 17.8 Å². The molecular weight excluding hydrogens is 448 g/mol. The van der Waals surface area contributed by atoms with Gasteiger partial charge in [-0.05, 0) is 30.7 Å². The zero-order valence-corrected chi connectivity index (χ0v) is 18.2. The van der Waals surface area contributed by atoms with Crippen LogP contribution in [0.2, 0.25) is 0 Å². The summed E-state index contributed by atoms with van der Waals surface area (Å²) >= 11 is 8.14. The summed E-state index contributed by atoms with van der Waals surface area (Å²) in [7, 11) is -4.29. The molecule has 0 unspecified atom stereocenters. The molecule has 150 valence electrons. The quantitative estimate of drug-likeness (QED) is 0.377. The van der Waals surface area contributed by atoms with Gasteiger partial charge in [0, 0.05) is 17.2 Å². The predicted octanol–water partition coefficient (Wildman–Crippen LogP) is 3.77. The largest absolute Gasteiger partial charge is 0.748 e. The van der Waals surface area contributed by atoms with Crippen molar-refractivity contribution < 1.29 is 17.8 Å². The van der Waals surface area contributed by atoms with Crippen LogP contribution in [0.1, 0.15) is 6.42 Å². The number of nitrogens with zero attached hydrogens (tertiary/aromatic N) is 2. The topological polar surface area (TPSA) is 80.8 Å². The lowest BCUT2D eigenvalue weighted by Crippen LogP contribution is -2.29. The summed E-state index contributed by atoms with van der Waals surface area (Å²) < 4.78 is 33.5. The third-order valence-electron chi connectivity index (χ3n) is 4.36. The summed E-state index contributed by atoms with van der Waals surface area (Å²) in [5.74, 6) is -0.655. The fourth-order valence-corrected chi connectivity index (χ4v) is 6.24. The zero-order valence-electron chi connectivity index (χ0n) is 15.0. The number of amides is 1. The number of rotatable bonds is 5. The third kappa shape index (κ3) is 4.22. The van der Waals surface area contributed by atoms with E-state index >= 15 is 0 Å². The molecule has 4 rings (SSSR count). The fourth-order valence-electron chi connectivity index (χ4n) is 3.12. The lowest BCUT2D eigenvalue weighted by atomic mass is 10.2. The van der Waals surface area contributed by atoms with E-state index in [1.165, 1.54) is 28.4 Å². The van der Waals surface area contributed by atoms with Crippen molar-refractivity contribution in [3.05, 3.63) is 64.5 Å². The second-order valence-corrected chi connectivity index (χ2v) is 10.5. The Balaban J connectivity index is 1.69. The first-order chi connectivity index (χ1) is 13.8. The Kier molecular flexibility index (Phi) is 5.71. The van der Waals surface area contributed by atoms with E-state index in [1.54, 1.807) is 0 Å². The van der Waals surface area contributed by atoms with Gasteiger partial charge in [-0.2, -0.15) is 0 Å². The Morgan fingerprint density at radius 3 is 2.41 bits per heavy atom. The van der Waals surface area contributed by atoms with Crippen LogP contribution in [-0.2, 0) is 14.9 Å². The van der Waals surface area contributed by atoms with E-state index in [0.717, 1.165) is 10.6 Å². The average Bonchev–Trinajstić information content (AvgIpc) is 3.18. The summed E-state index contributed by atoms with van der Waals surface area (Å²) in [4.78, 5) is 18.1. The number of carbonyl (C=O) groups is 1. The van der Waals surface area contributed by atoms with Gasteiger partial charge in [-0.1, -0.05) is 66.1 Å². The smallest absolute Gasteiger partial charge is 0.273 e. The van der Waals surface area contributed by atoms with Crippen LogP contribution in [0.25, 0.3) is 0 Å². The second-order valence-electron chi connectivity index (χ2n) is 6.32. The summed E-state index contributed by atoms with van der Waals surface area (Å²) in [5.41, 5.74) is 1.59. The zero-order chi connectivity index (χ0) is 20.6. The summed E-state index contributed by atoms with van der Waals surface area (Å²) in [6.07, 6.45) is 0.170. The van der Waals surface area contributed by atoms with Gasteiger partial charge in [-0.25, -0.2) is 8.42 Å². The maximum atomic E-state index is 13.2. The molecule has 0 aliphatic carbocycles. The van der Waals surface area contributed by atoms with Crippen molar-refractivity contribution in [3.8, 4) is 0 Å². The molecule has 0 spiro atoms. The first kappa shape index (κ1) is 20.4. The molecule has 1 fully saturated rings. The summed E-state index contributed by atoms with van der Waals surface area (Å²) in [5, 5.41) is 0.713. The predicted molar refractivity (Wildman–Crippen MR) is 120 cm³/mol. The molecule has 0 aromatic heterocycles. The second kappa shape index (κ2) is 8.11. The molecule has 0 bridgehead atoms. The Hall–Kier alpha value is -1.85. The van der Waals surface area contributed by atoms with E-state index in [1.807, 2.05) is 59.5 Å². The molecule has 2 aromatic rings. The highest BCUT2D eigenvalue weighted by Gasteiger charge is 2.39. The maximum Gasteiger partial charge on any atom is 0.273 e. The third-order valence-corrected chi connectivity index (χ3v) is 7.82. The van der Waals surface area contributed by atoms with Crippen molar-refractivity contribution in [3.63, 3.8) is 0 Å². The highest BCUT2D eigenvalue weighted by molar-refractivity contribution is 8.27. The first-order valence-electron chi connectivity index (χ1n) is 8.69. The summed E-state index contributed by atoms with van der Waals surface area (Å²) in [6.45, 7) is 0.316. The van der Waals surface area contributed by atoms with E-state index < -0.39 is 15.9 Å². The molecule has 0 N–H and O–H groups in total. The Morgan fingerprint density at radius 1 is 1.00 bits per heavy atom. The Morgan fingerprint density at radius 2 is 1.69 bits per heavy atom. The van der Waals surface area contributed by atoms with Crippen molar-refractivity contribution in [1.82, 2.24) is 0 Å². The molecule has 0 atom stereocenters. The number of para-hydroxylation sites is 2. The Bertz CT molecular complexity index is 1120. The number of hydrogen-bond donors (Lipinski definition) is 0. The van der Waals surface area contributed by atoms with Crippen LogP contribution in [0.4, 0.5) is 11.4 Å². The molecule has 2 aliphatic heterocycles. The lowest BCUT2D eigenvalue weighted by molar-refractivity contribution is -0.113. The first-order valence-corrected chi connectivity index (χ1v) is 12.3. The fraction of sp³-hybridized carbons (Fsp3) is 0.158. The molecule has 6 nitrogen and oxygen atoms in total. The van der Waals surface area contributed by atoms with Gasteiger partial charge < -0.3 is 9.45 Å². The van der Waals surface area contributed by atoms with Crippen molar-refractivity contribution in [1.29, 1.82) is 0 Å². The minimum atomic E-state index is -4.29. The number of anilines is 2. The number of hydrogen-bond acceptors (Lipinski definition) is 8. The van der Waals surface area contributed by atoms with Gasteiger partial charge in [-0.3, -0.25) is 9.69 Å². The minimum absolute atomic E-state index is 0.170. The molecule has 29 heavy (non-hydrogen) atoms. The standard InChI is InChI=1S/C19H16N2O4S4/c22-17-16(28-19(26)21(17)13-7-2-1-3-8-13)18-20(11-6-12-29(23,24)25)14-9-4-5-10-15(14)27-18/h1-5,7-10H,6,11-12H2,(H,23,24,25)/p-1/b18-16+. The highest BCUT2D eigenvalue weighted by Crippen LogP contribution is 2.51. The molecule has 0 radical (unpaired) electrons. The average molecular weight is 464 g/mol. The lowest BCUT2D eigenvalue weighted by Gasteiger charge is -2.22. The van der Waals surface area contributed by atoms with Crippen molar-refractivity contribution in [2.75, 3.05) is 22.1 Å². The molecule has 2 aromatic carbocycles. The maximum absolute atomic E-state index is 13.2. The molecular formula is C19H15N2O4S4-. The van der Waals surface area contributed by atoms with Crippen LogP contribution in [0.3, 0.4) is 0 Å². The van der Waals surface area contributed by atoms with Gasteiger partial charge >= 0.3 is 0 Å². The van der Waals surface area contributed by atoms with Crippen LogP contribution < -0.4 is 9.80 Å². The number of thioether (sulfide) groups is 2. The van der Waals surface area contributed by atoms with E-state index in [2.05, 4.69) is 0 Å². The number of thiocarbonyl (C=S) groups is 1. The summed E-state index contributed by atoms with van der Waals surface area (Å²) in [6, 6.07) is 16.9. The molecule has 2 aliphatic rings. The molecule has 1 amide bonds. The molecule has 2 heterocycles. The minimum Gasteiger partial charge on any atom is -0.748 e. The van der Waals surface area contributed by atoms with Gasteiger partial charge in [-0.15, -0.1) is 0 Å². The SMILES string of the molecule is O=C1/C(=C2\Sc3ccccc3N2CCCS(=O)(=O)[O-])SC(=S)N1c1ccccc1. The number of fused-ring (bicyclic) bond motifs is 1. The van der Waals surface area contributed by atoms with Gasteiger partial charge in [0.25, 0.3) is 5.91 Å². The van der Waals surface area contributed by atoms with E-state index in [-0.39, 0.29) is 12.3 Å². The van der Waals surface area contributed by atoms with Crippen molar-refractivity contribution in [2.24, 2.45) is 0 Å². The van der Waals surface area contributed by atoms with Crippen LogP contribution in [-0.4, -0.2) is 35.5 Å². The van der Waals surface area contributed by atoms with E-state index in [4.69, 9.17) is 12.2 Å². The van der Waals surface area contributed by atoms with Crippen LogP contribution in [0, 0.1) is 0 Å². The van der Waals surface area contributed by atoms with Crippen LogP contribution >= 0.6 is 35.7 Å². The van der Waals surface area contributed by atoms with Crippen molar-refractivity contribution >= 4 is 67.5 Å². The van der Waals surface area contributed by atoms with Gasteiger partial charge in [0.2, 0.25) is 0 Å². The monoisotopic (exact) mass is 463 g/mol. The highest BCUT2D eigenvalue weighted by atomic mass is 32.2. The van der Waals surface area contributed by atoms with E-state index in [0.29, 0.717) is 26.5 Å².